The smallest absolute Gasteiger partial charge is 0.134 e. The lowest BCUT2D eigenvalue weighted by Crippen LogP contribution is -2.28. The van der Waals surface area contributed by atoms with E-state index in [1.54, 1.807) is 12.1 Å². The molecule has 1 aromatic carbocycles. The number of phenols is 1. The maximum Gasteiger partial charge on any atom is 0.134 e. The quantitative estimate of drug-likeness (QED) is 0.747. The van der Waals surface area contributed by atoms with E-state index < -0.39 is 12.1 Å². The zero-order valence-electron chi connectivity index (χ0n) is 8.94. The van der Waals surface area contributed by atoms with Gasteiger partial charge in [0.2, 0.25) is 0 Å². The van der Waals surface area contributed by atoms with Gasteiger partial charge in [0.15, 0.2) is 0 Å². The number of phenolic OH excluding ortho intramolecular Hbond substituents is 1. The first kappa shape index (κ1) is 15.2. The molecule has 0 aromatic heterocycles. The van der Waals surface area contributed by atoms with Gasteiger partial charge in [-0.2, -0.15) is 0 Å². The Bertz CT molecular complexity index is 413. The summed E-state index contributed by atoms with van der Waals surface area (Å²) in [5.41, 5.74) is 6.54. The molecule has 6 heteroatoms. The summed E-state index contributed by atoms with van der Waals surface area (Å²) in [5.74, 6) is 0.391. The standard InChI is InChI=1S/C11H13Br2NO2.ClH/c12-6-3-7(11(16)8(13)4-6)9(14)10(15)5-1-2-5;/h3-5,9-10,15-16H,1-2,14H2;1H/t9-,10+;/m1./s1. The molecule has 0 radical (unpaired) electrons. The Morgan fingerprint density at radius 2 is 1.88 bits per heavy atom. The summed E-state index contributed by atoms with van der Waals surface area (Å²) in [4.78, 5) is 0. The maximum atomic E-state index is 9.95. The van der Waals surface area contributed by atoms with Crippen molar-refractivity contribution >= 4 is 44.3 Å². The first-order valence-electron chi connectivity index (χ1n) is 5.12. The molecule has 4 N–H and O–H groups in total. The van der Waals surface area contributed by atoms with Crippen LogP contribution in [0.2, 0.25) is 0 Å². The van der Waals surface area contributed by atoms with Crippen molar-refractivity contribution < 1.29 is 10.2 Å². The summed E-state index contributed by atoms with van der Waals surface area (Å²) in [5, 5.41) is 19.8. The molecule has 1 saturated carbocycles. The van der Waals surface area contributed by atoms with Crippen LogP contribution in [0.1, 0.15) is 24.4 Å². The van der Waals surface area contributed by atoms with E-state index in [-0.39, 0.29) is 24.1 Å². The van der Waals surface area contributed by atoms with Crippen molar-refractivity contribution in [2.75, 3.05) is 0 Å². The summed E-state index contributed by atoms with van der Waals surface area (Å²) >= 11 is 6.59. The van der Waals surface area contributed by atoms with Crippen LogP contribution in [0.5, 0.6) is 5.75 Å². The molecule has 0 bridgehead atoms. The van der Waals surface area contributed by atoms with Crippen LogP contribution in [-0.4, -0.2) is 16.3 Å². The molecule has 17 heavy (non-hydrogen) atoms. The molecule has 0 aliphatic heterocycles. The van der Waals surface area contributed by atoms with E-state index in [9.17, 15) is 10.2 Å². The molecule has 1 aliphatic carbocycles. The zero-order chi connectivity index (χ0) is 11.9. The van der Waals surface area contributed by atoms with Crippen molar-refractivity contribution in [3.63, 3.8) is 0 Å². The van der Waals surface area contributed by atoms with Gasteiger partial charge in [0.1, 0.15) is 5.75 Å². The Balaban J connectivity index is 0.00000144. The first-order chi connectivity index (χ1) is 7.50. The average Bonchev–Trinajstić information content (AvgIpc) is 3.05. The number of halogens is 3. The zero-order valence-corrected chi connectivity index (χ0v) is 12.9. The van der Waals surface area contributed by atoms with E-state index in [0.717, 1.165) is 17.3 Å². The summed E-state index contributed by atoms with van der Waals surface area (Å²) < 4.78 is 1.40. The molecule has 0 saturated heterocycles. The first-order valence-corrected chi connectivity index (χ1v) is 6.71. The lowest BCUT2D eigenvalue weighted by molar-refractivity contribution is 0.121. The minimum absolute atomic E-state index is 0. The second-order valence-corrected chi connectivity index (χ2v) is 5.95. The van der Waals surface area contributed by atoms with Crippen LogP contribution in [0.15, 0.2) is 21.1 Å². The van der Waals surface area contributed by atoms with Crippen LogP contribution in [0.25, 0.3) is 0 Å². The normalized spacial score (nSPS) is 18.4. The molecule has 0 amide bonds. The third-order valence-electron chi connectivity index (χ3n) is 2.89. The molecular weight excluding hydrogens is 373 g/mol. The molecular formula is C11H14Br2ClNO2. The number of aromatic hydroxyl groups is 1. The summed E-state index contributed by atoms with van der Waals surface area (Å²) in [7, 11) is 0. The average molecular weight is 387 g/mol. The fraction of sp³-hybridized carbons (Fsp3) is 0.455. The monoisotopic (exact) mass is 385 g/mol. The molecule has 2 atom stereocenters. The highest BCUT2D eigenvalue weighted by Gasteiger charge is 2.35. The Kier molecular flexibility index (Phi) is 5.28. The Morgan fingerprint density at radius 1 is 1.29 bits per heavy atom. The van der Waals surface area contributed by atoms with Gasteiger partial charge in [-0.05, 0) is 46.8 Å². The van der Waals surface area contributed by atoms with Crippen molar-refractivity contribution in [2.24, 2.45) is 11.7 Å². The second-order valence-electron chi connectivity index (χ2n) is 4.18. The van der Waals surface area contributed by atoms with E-state index in [4.69, 9.17) is 5.73 Å². The molecule has 0 unspecified atom stereocenters. The minimum atomic E-state index is -0.577. The summed E-state index contributed by atoms with van der Waals surface area (Å²) in [6.07, 6.45) is 1.46. The van der Waals surface area contributed by atoms with Crippen molar-refractivity contribution in [3.05, 3.63) is 26.6 Å². The molecule has 96 valence electrons. The molecule has 3 nitrogen and oxygen atoms in total. The van der Waals surface area contributed by atoms with Gasteiger partial charge < -0.3 is 15.9 Å². The SMILES string of the molecule is Cl.N[C@H](c1cc(Br)cc(Br)c1O)[C@@H](O)C1CC1. The van der Waals surface area contributed by atoms with Crippen molar-refractivity contribution in [1.29, 1.82) is 0 Å². The Morgan fingerprint density at radius 3 is 2.41 bits per heavy atom. The van der Waals surface area contributed by atoms with E-state index in [1.807, 2.05) is 0 Å². The summed E-state index contributed by atoms with van der Waals surface area (Å²) in [6, 6.07) is 2.95. The van der Waals surface area contributed by atoms with E-state index in [0.29, 0.717) is 10.0 Å². The largest absolute Gasteiger partial charge is 0.506 e. The van der Waals surface area contributed by atoms with Gasteiger partial charge >= 0.3 is 0 Å². The van der Waals surface area contributed by atoms with Crippen LogP contribution in [-0.2, 0) is 0 Å². The van der Waals surface area contributed by atoms with Gasteiger partial charge in [-0.25, -0.2) is 0 Å². The van der Waals surface area contributed by atoms with Crippen LogP contribution in [0.3, 0.4) is 0 Å². The van der Waals surface area contributed by atoms with Gasteiger partial charge in [0.05, 0.1) is 16.6 Å². The fourth-order valence-electron chi connectivity index (χ4n) is 1.75. The number of rotatable bonds is 3. The van der Waals surface area contributed by atoms with Crippen molar-refractivity contribution in [3.8, 4) is 5.75 Å². The van der Waals surface area contributed by atoms with E-state index in [1.165, 1.54) is 0 Å². The lowest BCUT2D eigenvalue weighted by atomic mass is 9.98. The van der Waals surface area contributed by atoms with Gasteiger partial charge in [-0.15, -0.1) is 12.4 Å². The van der Waals surface area contributed by atoms with E-state index in [2.05, 4.69) is 31.9 Å². The van der Waals surface area contributed by atoms with Gasteiger partial charge in [0, 0.05) is 10.0 Å². The predicted octanol–water partition coefficient (Wildman–Crippen LogP) is 3.11. The number of aliphatic hydroxyl groups is 1. The summed E-state index contributed by atoms with van der Waals surface area (Å²) in [6.45, 7) is 0. The molecule has 1 aromatic rings. The van der Waals surface area contributed by atoms with Crippen LogP contribution >= 0.6 is 44.3 Å². The van der Waals surface area contributed by atoms with Gasteiger partial charge in [-0.3, -0.25) is 0 Å². The van der Waals surface area contributed by atoms with Crippen molar-refractivity contribution in [2.45, 2.75) is 25.0 Å². The van der Waals surface area contributed by atoms with Crippen molar-refractivity contribution in [1.82, 2.24) is 0 Å². The third-order valence-corrected chi connectivity index (χ3v) is 3.95. The number of nitrogens with two attached hydrogens (primary N) is 1. The molecule has 2 rings (SSSR count). The lowest BCUT2D eigenvalue weighted by Gasteiger charge is -2.20. The number of hydrogen-bond donors (Lipinski definition) is 3. The molecule has 0 heterocycles. The highest BCUT2D eigenvalue weighted by molar-refractivity contribution is 9.11. The highest BCUT2D eigenvalue weighted by Crippen LogP contribution is 2.41. The number of hydrogen-bond acceptors (Lipinski definition) is 3. The fourth-order valence-corrected chi connectivity index (χ4v) is 3.01. The predicted molar refractivity (Wildman–Crippen MR) is 76.4 cm³/mol. The van der Waals surface area contributed by atoms with Crippen LogP contribution < -0.4 is 5.73 Å². The second kappa shape index (κ2) is 5.89. The molecule has 1 aliphatic rings. The third kappa shape index (κ3) is 3.35. The Hall–Kier alpha value is 0.190. The highest BCUT2D eigenvalue weighted by atomic mass is 79.9. The topological polar surface area (TPSA) is 66.5 Å². The molecule has 1 fully saturated rings. The maximum absolute atomic E-state index is 9.95. The minimum Gasteiger partial charge on any atom is -0.506 e. The van der Waals surface area contributed by atoms with Crippen LogP contribution in [0.4, 0.5) is 0 Å². The van der Waals surface area contributed by atoms with E-state index >= 15 is 0 Å². The molecule has 0 spiro atoms. The number of aliphatic hydroxyl groups excluding tert-OH is 1. The van der Waals surface area contributed by atoms with Gasteiger partial charge in [0.25, 0.3) is 0 Å². The number of benzene rings is 1. The Labute approximate surface area is 123 Å². The van der Waals surface area contributed by atoms with Gasteiger partial charge in [-0.1, -0.05) is 15.9 Å². The van der Waals surface area contributed by atoms with Crippen LogP contribution in [0, 0.1) is 5.92 Å².